The second-order valence-electron chi connectivity index (χ2n) is 4.77. The molecule has 1 aliphatic rings. The topological polar surface area (TPSA) is 52.6 Å². The van der Waals surface area contributed by atoms with Crippen LogP contribution >= 0.6 is 0 Å². The van der Waals surface area contributed by atoms with Gasteiger partial charge < -0.3 is 15.3 Å². The van der Waals surface area contributed by atoms with Gasteiger partial charge in [-0.2, -0.15) is 0 Å². The molecule has 2 rings (SSSR count). The van der Waals surface area contributed by atoms with Crippen LogP contribution in [-0.4, -0.2) is 23.1 Å². The third kappa shape index (κ3) is 1.78. The van der Waals surface area contributed by atoms with Crippen LogP contribution in [0.4, 0.5) is 11.4 Å². The zero-order chi connectivity index (χ0) is 12.6. The highest BCUT2D eigenvalue weighted by Crippen LogP contribution is 2.37. The van der Waals surface area contributed by atoms with Crippen LogP contribution in [-0.2, 0) is 11.4 Å². The maximum atomic E-state index is 12.0. The lowest BCUT2D eigenvalue weighted by Crippen LogP contribution is -2.56. The van der Waals surface area contributed by atoms with Crippen molar-refractivity contribution < 1.29 is 9.90 Å². The van der Waals surface area contributed by atoms with E-state index in [1.165, 1.54) is 0 Å². The molecular formula is C13H18N2O2. The summed E-state index contributed by atoms with van der Waals surface area (Å²) in [5.74, 6) is -0.0121. The van der Waals surface area contributed by atoms with Crippen molar-refractivity contribution in [3.8, 4) is 0 Å². The van der Waals surface area contributed by atoms with Gasteiger partial charge in [-0.05, 0) is 38.5 Å². The number of fused-ring (bicyclic) bond motifs is 1. The number of hydrogen-bond acceptors (Lipinski definition) is 3. The number of nitrogens with one attached hydrogen (secondary N) is 1. The van der Waals surface area contributed by atoms with Gasteiger partial charge in [0.1, 0.15) is 5.54 Å². The zero-order valence-electron chi connectivity index (χ0n) is 10.4. The van der Waals surface area contributed by atoms with Gasteiger partial charge in [0.05, 0.1) is 18.0 Å². The van der Waals surface area contributed by atoms with E-state index >= 15 is 0 Å². The van der Waals surface area contributed by atoms with E-state index in [1.54, 1.807) is 0 Å². The lowest BCUT2D eigenvalue weighted by atomic mass is 9.96. The Morgan fingerprint density at radius 2 is 2.12 bits per heavy atom. The fourth-order valence-corrected chi connectivity index (χ4v) is 2.28. The molecule has 0 saturated carbocycles. The first-order chi connectivity index (χ1) is 8.00. The minimum absolute atomic E-state index is 0.0121. The summed E-state index contributed by atoms with van der Waals surface area (Å²) in [4.78, 5) is 14.1. The van der Waals surface area contributed by atoms with E-state index in [0.717, 1.165) is 23.5 Å². The number of hydrogen-bond donors (Lipinski definition) is 2. The Morgan fingerprint density at radius 3 is 2.71 bits per heavy atom. The predicted octanol–water partition coefficient (Wildman–Crippen LogP) is 1.74. The van der Waals surface area contributed by atoms with Crippen LogP contribution in [0.15, 0.2) is 18.2 Å². The van der Waals surface area contributed by atoms with Gasteiger partial charge in [-0.25, -0.2) is 0 Å². The van der Waals surface area contributed by atoms with Crippen molar-refractivity contribution in [1.29, 1.82) is 0 Å². The fourth-order valence-electron chi connectivity index (χ4n) is 2.28. The number of anilines is 2. The number of benzene rings is 1. The number of carbonyl (C=O) groups is 1. The SMILES string of the molecule is CCN1c2ccc(CO)cc2NC(=O)C1(C)C. The normalized spacial score (nSPS) is 17.6. The number of amides is 1. The molecule has 0 aromatic heterocycles. The number of nitrogens with zero attached hydrogens (tertiary/aromatic N) is 1. The fraction of sp³-hybridized carbons (Fsp3) is 0.462. The number of rotatable bonds is 2. The Labute approximate surface area is 101 Å². The third-order valence-electron chi connectivity index (χ3n) is 3.33. The summed E-state index contributed by atoms with van der Waals surface area (Å²) in [7, 11) is 0. The average molecular weight is 234 g/mol. The van der Waals surface area contributed by atoms with Gasteiger partial charge in [0.15, 0.2) is 0 Å². The maximum absolute atomic E-state index is 12.0. The molecule has 1 aromatic rings. The van der Waals surface area contributed by atoms with Crippen molar-refractivity contribution in [2.45, 2.75) is 32.9 Å². The Kier molecular flexibility index (Phi) is 2.83. The van der Waals surface area contributed by atoms with Crippen LogP contribution in [0.5, 0.6) is 0 Å². The second kappa shape index (κ2) is 4.04. The molecule has 0 spiro atoms. The van der Waals surface area contributed by atoms with E-state index < -0.39 is 5.54 Å². The van der Waals surface area contributed by atoms with Crippen molar-refractivity contribution in [3.63, 3.8) is 0 Å². The molecule has 0 fully saturated rings. The molecule has 0 radical (unpaired) electrons. The lowest BCUT2D eigenvalue weighted by Gasteiger charge is -2.43. The first-order valence-corrected chi connectivity index (χ1v) is 5.83. The monoisotopic (exact) mass is 234 g/mol. The quantitative estimate of drug-likeness (QED) is 0.819. The van der Waals surface area contributed by atoms with Gasteiger partial charge in [0.2, 0.25) is 5.91 Å². The summed E-state index contributed by atoms with van der Waals surface area (Å²) in [6.07, 6.45) is 0. The van der Waals surface area contributed by atoms with Crippen LogP contribution in [0.2, 0.25) is 0 Å². The molecule has 1 heterocycles. The number of aliphatic hydroxyl groups is 1. The van der Waals surface area contributed by atoms with Gasteiger partial charge in [-0.3, -0.25) is 4.79 Å². The number of carbonyl (C=O) groups excluding carboxylic acids is 1. The highest BCUT2D eigenvalue weighted by molar-refractivity contribution is 6.06. The molecule has 1 aromatic carbocycles. The summed E-state index contributed by atoms with van der Waals surface area (Å²) in [5.41, 5.74) is 2.06. The van der Waals surface area contributed by atoms with E-state index in [-0.39, 0.29) is 12.5 Å². The van der Waals surface area contributed by atoms with Crippen LogP contribution in [0.25, 0.3) is 0 Å². The first-order valence-electron chi connectivity index (χ1n) is 5.83. The molecule has 1 amide bonds. The third-order valence-corrected chi connectivity index (χ3v) is 3.33. The van der Waals surface area contributed by atoms with Crippen molar-refractivity contribution in [2.75, 3.05) is 16.8 Å². The Morgan fingerprint density at radius 1 is 1.41 bits per heavy atom. The minimum Gasteiger partial charge on any atom is -0.392 e. The van der Waals surface area contributed by atoms with E-state index in [0.29, 0.717) is 0 Å². The van der Waals surface area contributed by atoms with Crippen molar-refractivity contribution in [3.05, 3.63) is 23.8 Å². The number of aliphatic hydroxyl groups excluding tert-OH is 1. The zero-order valence-corrected chi connectivity index (χ0v) is 10.4. The van der Waals surface area contributed by atoms with Gasteiger partial charge in [0.25, 0.3) is 0 Å². The van der Waals surface area contributed by atoms with Gasteiger partial charge in [-0.1, -0.05) is 6.07 Å². The molecule has 4 heteroatoms. The molecule has 0 atom stereocenters. The van der Waals surface area contributed by atoms with E-state index in [1.807, 2.05) is 39.0 Å². The lowest BCUT2D eigenvalue weighted by molar-refractivity contribution is -0.120. The molecule has 4 nitrogen and oxygen atoms in total. The van der Waals surface area contributed by atoms with Crippen LogP contribution in [0.3, 0.4) is 0 Å². The second-order valence-corrected chi connectivity index (χ2v) is 4.77. The smallest absolute Gasteiger partial charge is 0.249 e. The summed E-state index contributed by atoms with van der Waals surface area (Å²) >= 11 is 0. The van der Waals surface area contributed by atoms with Crippen molar-refractivity contribution in [1.82, 2.24) is 0 Å². The molecule has 0 bridgehead atoms. The van der Waals surface area contributed by atoms with E-state index in [9.17, 15) is 4.79 Å². The molecule has 92 valence electrons. The van der Waals surface area contributed by atoms with Crippen molar-refractivity contribution in [2.24, 2.45) is 0 Å². The van der Waals surface area contributed by atoms with Crippen LogP contribution < -0.4 is 10.2 Å². The first kappa shape index (κ1) is 11.9. The maximum Gasteiger partial charge on any atom is 0.249 e. The van der Waals surface area contributed by atoms with E-state index in [4.69, 9.17) is 5.11 Å². The summed E-state index contributed by atoms with van der Waals surface area (Å²) in [5, 5.41) is 12.0. The molecule has 1 aliphatic heterocycles. The largest absolute Gasteiger partial charge is 0.392 e. The molecule has 0 saturated heterocycles. The van der Waals surface area contributed by atoms with E-state index in [2.05, 4.69) is 10.2 Å². The van der Waals surface area contributed by atoms with Crippen LogP contribution in [0.1, 0.15) is 26.3 Å². The standard InChI is InChI=1S/C13H18N2O2/c1-4-15-11-6-5-9(8-16)7-10(11)14-12(17)13(15,2)3/h5-7,16H,4,8H2,1-3H3,(H,14,17). The van der Waals surface area contributed by atoms with Gasteiger partial charge >= 0.3 is 0 Å². The minimum atomic E-state index is -0.539. The Hall–Kier alpha value is -1.55. The van der Waals surface area contributed by atoms with Gasteiger partial charge in [-0.15, -0.1) is 0 Å². The van der Waals surface area contributed by atoms with Crippen molar-refractivity contribution >= 4 is 17.3 Å². The van der Waals surface area contributed by atoms with Crippen LogP contribution in [0, 0.1) is 0 Å². The number of likely N-dealkylation sites (N-methyl/N-ethyl adjacent to an activating group) is 1. The molecule has 0 aliphatic carbocycles. The summed E-state index contributed by atoms with van der Waals surface area (Å²) < 4.78 is 0. The highest BCUT2D eigenvalue weighted by Gasteiger charge is 2.39. The summed E-state index contributed by atoms with van der Waals surface area (Å²) in [6.45, 7) is 6.61. The molecular weight excluding hydrogens is 216 g/mol. The summed E-state index contributed by atoms with van der Waals surface area (Å²) in [6, 6.07) is 5.66. The highest BCUT2D eigenvalue weighted by atomic mass is 16.3. The Balaban J connectivity index is 2.52. The molecule has 2 N–H and O–H groups in total. The molecule has 17 heavy (non-hydrogen) atoms. The predicted molar refractivity (Wildman–Crippen MR) is 68.1 cm³/mol. The average Bonchev–Trinajstić information content (AvgIpc) is 2.30. The van der Waals surface area contributed by atoms with Gasteiger partial charge in [0, 0.05) is 6.54 Å². The Bertz CT molecular complexity index is 455. The molecule has 0 unspecified atom stereocenters.